The summed E-state index contributed by atoms with van der Waals surface area (Å²) in [7, 11) is 0. The normalized spacial score (nSPS) is 16.6. The fourth-order valence-electron chi connectivity index (χ4n) is 2.75. The Hall–Kier alpha value is -1.62. The summed E-state index contributed by atoms with van der Waals surface area (Å²) in [5, 5.41) is 3.16. The Labute approximate surface area is 126 Å². The molecule has 2 rings (SSSR count). The van der Waals surface area contributed by atoms with Crippen LogP contribution in [-0.2, 0) is 0 Å². The molecule has 1 aromatic rings. The van der Waals surface area contributed by atoms with Gasteiger partial charge in [0.25, 0.3) is 5.91 Å². The van der Waals surface area contributed by atoms with Gasteiger partial charge in [-0.3, -0.25) is 4.79 Å². The predicted molar refractivity (Wildman–Crippen MR) is 85.1 cm³/mol. The lowest BCUT2D eigenvalue weighted by Gasteiger charge is -2.17. The summed E-state index contributed by atoms with van der Waals surface area (Å²) in [4.78, 5) is 16.8. The van der Waals surface area contributed by atoms with Crippen molar-refractivity contribution in [3.63, 3.8) is 0 Å². The van der Waals surface area contributed by atoms with Crippen LogP contribution in [0.15, 0.2) is 12.1 Å². The lowest BCUT2D eigenvalue weighted by molar-refractivity contribution is 0.0933. The first-order valence-electron chi connectivity index (χ1n) is 7.89. The van der Waals surface area contributed by atoms with E-state index in [2.05, 4.69) is 29.6 Å². The first-order valence-corrected chi connectivity index (χ1v) is 7.89. The van der Waals surface area contributed by atoms with Crippen molar-refractivity contribution in [3.8, 4) is 0 Å². The average Bonchev–Trinajstić information content (AvgIpc) is 2.75. The number of nitrogens with zero attached hydrogens (tertiary/aromatic N) is 1. The molecule has 0 radical (unpaired) electrons. The van der Waals surface area contributed by atoms with Crippen molar-refractivity contribution in [1.29, 1.82) is 0 Å². The van der Waals surface area contributed by atoms with Crippen molar-refractivity contribution < 1.29 is 4.79 Å². The minimum Gasteiger partial charge on any atom is -0.349 e. The molecule has 0 saturated heterocycles. The van der Waals surface area contributed by atoms with Crippen molar-refractivity contribution in [1.82, 2.24) is 10.3 Å². The van der Waals surface area contributed by atoms with E-state index in [-0.39, 0.29) is 11.8 Å². The Balaban J connectivity index is 2.11. The van der Waals surface area contributed by atoms with E-state index in [0.29, 0.717) is 17.4 Å². The maximum absolute atomic E-state index is 12.5. The van der Waals surface area contributed by atoms with Crippen LogP contribution < -0.4 is 16.6 Å². The van der Waals surface area contributed by atoms with Gasteiger partial charge in [0.05, 0.1) is 0 Å². The highest BCUT2D eigenvalue weighted by Crippen LogP contribution is 2.20. The van der Waals surface area contributed by atoms with E-state index in [0.717, 1.165) is 18.5 Å². The smallest absolute Gasteiger partial charge is 0.251 e. The molecule has 21 heavy (non-hydrogen) atoms. The van der Waals surface area contributed by atoms with E-state index in [1.807, 2.05) is 6.07 Å². The number of nitrogen functional groups attached to an aromatic ring is 1. The van der Waals surface area contributed by atoms with Crippen molar-refractivity contribution in [2.75, 3.05) is 5.43 Å². The number of aromatic nitrogens is 1. The Morgan fingerprint density at radius 2 is 1.90 bits per heavy atom. The standard InChI is InChI=1S/C16H26N4O/c1-11(2)14-9-12(10-15(19-14)20-17)16(21)18-13-7-5-3-4-6-8-13/h9-11,13H,3-8,17H2,1-2H3,(H,18,21)(H,19,20). The number of nitrogens with one attached hydrogen (secondary N) is 2. The van der Waals surface area contributed by atoms with Gasteiger partial charge in [0.1, 0.15) is 5.82 Å². The molecule has 0 aliphatic heterocycles. The third-order valence-electron chi connectivity index (χ3n) is 4.04. The summed E-state index contributed by atoms with van der Waals surface area (Å²) in [6.45, 7) is 4.10. The number of hydrazine groups is 1. The number of anilines is 1. The Morgan fingerprint density at radius 1 is 1.24 bits per heavy atom. The molecule has 0 atom stereocenters. The van der Waals surface area contributed by atoms with E-state index in [9.17, 15) is 4.79 Å². The predicted octanol–water partition coefficient (Wildman–Crippen LogP) is 2.94. The third kappa shape index (κ3) is 4.43. The Morgan fingerprint density at radius 3 is 2.48 bits per heavy atom. The van der Waals surface area contributed by atoms with Gasteiger partial charge in [-0.1, -0.05) is 39.5 Å². The van der Waals surface area contributed by atoms with Crippen molar-refractivity contribution in [2.24, 2.45) is 5.84 Å². The number of rotatable bonds is 4. The molecule has 1 aliphatic carbocycles. The second-order valence-corrected chi connectivity index (χ2v) is 6.13. The van der Waals surface area contributed by atoms with Crippen LogP contribution >= 0.6 is 0 Å². The molecule has 1 heterocycles. The molecule has 1 fully saturated rings. The molecule has 0 unspecified atom stereocenters. The maximum Gasteiger partial charge on any atom is 0.251 e. The van der Waals surface area contributed by atoms with E-state index >= 15 is 0 Å². The lowest BCUT2D eigenvalue weighted by Crippen LogP contribution is -2.34. The second-order valence-electron chi connectivity index (χ2n) is 6.13. The van der Waals surface area contributed by atoms with Gasteiger partial charge in [0.2, 0.25) is 0 Å². The number of pyridine rings is 1. The Bertz CT molecular complexity index is 479. The molecule has 1 saturated carbocycles. The molecule has 0 bridgehead atoms. The quantitative estimate of drug-likeness (QED) is 0.452. The van der Waals surface area contributed by atoms with Gasteiger partial charge in [0, 0.05) is 17.3 Å². The minimum absolute atomic E-state index is 0.0253. The number of carbonyl (C=O) groups excluding carboxylic acids is 1. The summed E-state index contributed by atoms with van der Waals surface area (Å²) in [5.41, 5.74) is 4.04. The van der Waals surface area contributed by atoms with Gasteiger partial charge < -0.3 is 10.7 Å². The number of hydrogen-bond acceptors (Lipinski definition) is 4. The molecule has 0 aromatic carbocycles. The number of nitrogens with two attached hydrogens (primary N) is 1. The zero-order valence-corrected chi connectivity index (χ0v) is 13.0. The Kier molecular flexibility index (Phi) is 5.56. The number of amides is 1. The van der Waals surface area contributed by atoms with Gasteiger partial charge in [0.15, 0.2) is 0 Å². The fourth-order valence-corrected chi connectivity index (χ4v) is 2.75. The molecule has 116 valence electrons. The van der Waals surface area contributed by atoms with Crippen LogP contribution in [0.2, 0.25) is 0 Å². The topological polar surface area (TPSA) is 80.0 Å². The molecule has 1 aliphatic rings. The van der Waals surface area contributed by atoms with Gasteiger partial charge in [-0.15, -0.1) is 0 Å². The molecule has 1 aromatic heterocycles. The van der Waals surface area contributed by atoms with Crippen molar-refractivity contribution >= 4 is 11.7 Å². The van der Waals surface area contributed by atoms with Gasteiger partial charge in [-0.25, -0.2) is 10.8 Å². The highest BCUT2D eigenvalue weighted by molar-refractivity contribution is 5.95. The summed E-state index contributed by atoms with van der Waals surface area (Å²) in [6.07, 6.45) is 7.12. The molecular formula is C16H26N4O. The zero-order valence-electron chi connectivity index (χ0n) is 13.0. The molecular weight excluding hydrogens is 264 g/mol. The molecule has 4 N–H and O–H groups in total. The monoisotopic (exact) mass is 290 g/mol. The molecule has 0 spiro atoms. The van der Waals surface area contributed by atoms with Crippen LogP contribution in [0, 0.1) is 0 Å². The maximum atomic E-state index is 12.5. The van der Waals surface area contributed by atoms with Crippen LogP contribution in [0.4, 0.5) is 5.82 Å². The molecule has 1 amide bonds. The molecule has 5 nitrogen and oxygen atoms in total. The lowest BCUT2D eigenvalue weighted by atomic mass is 10.1. The number of carbonyl (C=O) groups is 1. The minimum atomic E-state index is -0.0253. The highest BCUT2D eigenvalue weighted by Gasteiger charge is 2.17. The fraction of sp³-hybridized carbons (Fsp3) is 0.625. The number of hydrogen-bond donors (Lipinski definition) is 3. The largest absolute Gasteiger partial charge is 0.349 e. The van der Waals surface area contributed by atoms with Crippen LogP contribution in [0.3, 0.4) is 0 Å². The van der Waals surface area contributed by atoms with E-state index in [4.69, 9.17) is 5.84 Å². The average molecular weight is 290 g/mol. The van der Waals surface area contributed by atoms with Crippen molar-refractivity contribution in [3.05, 3.63) is 23.4 Å². The van der Waals surface area contributed by atoms with E-state index in [1.165, 1.54) is 25.7 Å². The second kappa shape index (κ2) is 7.41. The van der Waals surface area contributed by atoms with Crippen LogP contribution in [-0.4, -0.2) is 16.9 Å². The van der Waals surface area contributed by atoms with Crippen LogP contribution in [0.25, 0.3) is 0 Å². The third-order valence-corrected chi connectivity index (χ3v) is 4.04. The van der Waals surface area contributed by atoms with Gasteiger partial charge in [-0.2, -0.15) is 0 Å². The molecule has 5 heteroatoms. The summed E-state index contributed by atoms with van der Waals surface area (Å²) < 4.78 is 0. The SMILES string of the molecule is CC(C)c1cc(C(=O)NC2CCCCCC2)cc(NN)n1. The van der Waals surface area contributed by atoms with E-state index in [1.54, 1.807) is 6.07 Å². The first kappa shape index (κ1) is 15.8. The first-order chi connectivity index (χ1) is 10.1. The van der Waals surface area contributed by atoms with E-state index < -0.39 is 0 Å². The van der Waals surface area contributed by atoms with Crippen LogP contribution in [0.5, 0.6) is 0 Å². The van der Waals surface area contributed by atoms with Gasteiger partial charge >= 0.3 is 0 Å². The van der Waals surface area contributed by atoms with Gasteiger partial charge in [-0.05, 0) is 30.9 Å². The zero-order chi connectivity index (χ0) is 15.2. The van der Waals surface area contributed by atoms with Crippen molar-refractivity contribution in [2.45, 2.75) is 64.3 Å². The van der Waals surface area contributed by atoms with Crippen LogP contribution in [0.1, 0.15) is 74.3 Å². The summed E-state index contributed by atoms with van der Waals surface area (Å²) in [5.74, 6) is 6.21. The summed E-state index contributed by atoms with van der Waals surface area (Å²) >= 11 is 0. The highest BCUT2D eigenvalue weighted by atomic mass is 16.1. The summed E-state index contributed by atoms with van der Waals surface area (Å²) in [6, 6.07) is 3.86.